The van der Waals surface area contributed by atoms with Crippen molar-refractivity contribution >= 4 is 17.5 Å². The molecule has 1 aliphatic carbocycles. The summed E-state index contributed by atoms with van der Waals surface area (Å²) in [4.78, 5) is 0. The van der Waals surface area contributed by atoms with Crippen LogP contribution in [0.4, 0.5) is 0 Å². The van der Waals surface area contributed by atoms with Crippen LogP contribution in [0.5, 0.6) is 0 Å². The summed E-state index contributed by atoms with van der Waals surface area (Å²) in [6.07, 6.45) is 6.51. The van der Waals surface area contributed by atoms with Crippen molar-refractivity contribution in [2.45, 2.75) is 39.0 Å². The van der Waals surface area contributed by atoms with Gasteiger partial charge in [-0.1, -0.05) is 47.4 Å². The predicted octanol–water partition coefficient (Wildman–Crippen LogP) is 4.06. The Labute approximate surface area is 119 Å². The third-order valence-corrected chi connectivity index (χ3v) is 3.64. The van der Waals surface area contributed by atoms with Crippen molar-refractivity contribution in [3.05, 3.63) is 41.0 Å². The molecular formula is C16H20N2O2. The van der Waals surface area contributed by atoms with E-state index in [1.54, 1.807) is 0 Å². The zero-order valence-electron chi connectivity index (χ0n) is 11.7. The first-order chi connectivity index (χ1) is 9.80. The van der Waals surface area contributed by atoms with Gasteiger partial charge < -0.3 is 10.4 Å². The normalized spacial score (nSPS) is 17.6. The van der Waals surface area contributed by atoms with Crippen LogP contribution in [0.1, 0.15) is 50.2 Å². The fourth-order valence-electron chi connectivity index (χ4n) is 2.68. The van der Waals surface area contributed by atoms with E-state index in [1.807, 2.05) is 24.3 Å². The monoisotopic (exact) mass is 272 g/mol. The molecular weight excluding hydrogens is 252 g/mol. The molecule has 0 fully saturated rings. The van der Waals surface area contributed by atoms with Crippen LogP contribution in [0.25, 0.3) is 5.57 Å². The first-order valence-corrected chi connectivity index (χ1v) is 7.01. The van der Waals surface area contributed by atoms with E-state index in [2.05, 4.69) is 17.2 Å². The van der Waals surface area contributed by atoms with Gasteiger partial charge in [0.05, 0.1) is 11.9 Å². The lowest BCUT2D eigenvalue weighted by Crippen LogP contribution is -1.98. The Kier molecular flexibility index (Phi) is 4.93. The molecule has 2 N–H and O–H groups in total. The summed E-state index contributed by atoms with van der Waals surface area (Å²) >= 11 is 0. The zero-order valence-corrected chi connectivity index (χ0v) is 11.7. The summed E-state index contributed by atoms with van der Waals surface area (Å²) in [6, 6.07) is 7.76. The summed E-state index contributed by atoms with van der Waals surface area (Å²) in [7, 11) is 0. The van der Waals surface area contributed by atoms with Gasteiger partial charge in [0.2, 0.25) is 0 Å². The Balaban J connectivity index is 2.41. The molecule has 0 unspecified atom stereocenters. The van der Waals surface area contributed by atoms with E-state index in [1.165, 1.54) is 11.8 Å². The van der Waals surface area contributed by atoms with Crippen molar-refractivity contribution in [1.82, 2.24) is 0 Å². The van der Waals surface area contributed by atoms with Crippen LogP contribution in [-0.4, -0.2) is 22.3 Å². The highest BCUT2D eigenvalue weighted by atomic mass is 16.4. The van der Waals surface area contributed by atoms with Gasteiger partial charge in [-0.05, 0) is 42.9 Å². The van der Waals surface area contributed by atoms with Gasteiger partial charge in [0, 0.05) is 5.57 Å². The van der Waals surface area contributed by atoms with E-state index in [-0.39, 0.29) is 0 Å². The summed E-state index contributed by atoms with van der Waals surface area (Å²) in [5.74, 6) is 0. The Hall–Kier alpha value is -2.10. The number of allylic oxidation sites excluding steroid dienone is 2. The van der Waals surface area contributed by atoms with Gasteiger partial charge in [-0.3, -0.25) is 0 Å². The Morgan fingerprint density at radius 1 is 1.25 bits per heavy atom. The molecule has 2 rings (SSSR count). The van der Waals surface area contributed by atoms with Crippen LogP contribution in [0.15, 0.2) is 40.1 Å². The maximum Gasteiger partial charge on any atom is 0.0876 e. The third kappa shape index (κ3) is 3.07. The number of benzene rings is 1. The van der Waals surface area contributed by atoms with E-state index in [9.17, 15) is 5.21 Å². The number of rotatable bonds is 5. The molecule has 0 spiro atoms. The molecule has 0 aliphatic heterocycles. The summed E-state index contributed by atoms with van der Waals surface area (Å²) in [5.41, 5.74) is 5.04. The number of hydrogen-bond donors (Lipinski definition) is 2. The fraction of sp³-hybridized carbons (Fsp3) is 0.375. The molecule has 0 atom stereocenters. The molecule has 0 heterocycles. The van der Waals surface area contributed by atoms with Gasteiger partial charge in [-0.2, -0.15) is 0 Å². The van der Waals surface area contributed by atoms with E-state index < -0.39 is 0 Å². The summed E-state index contributed by atoms with van der Waals surface area (Å²) in [5, 5.41) is 24.4. The Morgan fingerprint density at radius 2 is 2.10 bits per heavy atom. The number of oxime groups is 2. The van der Waals surface area contributed by atoms with E-state index >= 15 is 0 Å². The quantitative estimate of drug-likeness (QED) is 0.482. The van der Waals surface area contributed by atoms with Crippen molar-refractivity contribution < 1.29 is 10.4 Å². The third-order valence-electron chi connectivity index (χ3n) is 3.64. The van der Waals surface area contributed by atoms with Crippen molar-refractivity contribution in [2.75, 3.05) is 0 Å². The number of nitrogens with zero attached hydrogens (tertiary/aromatic N) is 2. The molecule has 1 aliphatic rings. The fourth-order valence-corrected chi connectivity index (χ4v) is 2.68. The minimum atomic E-state index is 0.759. The van der Waals surface area contributed by atoms with Crippen LogP contribution < -0.4 is 0 Å². The van der Waals surface area contributed by atoms with Gasteiger partial charge in [0.1, 0.15) is 0 Å². The van der Waals surface area contributed by atoms with Gasteiger partial charge in [-0.15, -0.1) is 0 Å². The highest BCUT2D eigenvalue weighted by molar-refractivity contribution is 6.26. The molecule has 0 aromatic heterocycles. The molecule has 106 valence electrons. The number of hydrogen-bond acceptors (Lipinski definition) is 4. The lowest BCUT2D eigenvalue weighted by atomic mass is 9.97. The first-order valence-electron chi connectivity index (χ1n) is 7.01. The van der Waals surface area contributed by atoms with E-state index in [0.29, 0.717) is 0 Å². The smallest absolute Gasteiger partial charge is 0.0876 e. The molecule has 4 nitrogen and oxygen atoms in total. The highest BCUT2D eigenvalue weighted by Crippen LogP contribution is 2.35. The predicted molar refractivity (Wildman–Crippen MR) is 80.7 cm³/mol. The molecule has 0 bridgehead atoms. The minimum Gasteiger partial charge on any atom is -0.411 e. The summed E-state index contributed by atoms with van der Waals surface area (Å²) < 4.78 is 0. The largest absolute Gasteiger partial charge is 0.411 e. The van der Waals surface area contributed by atoms with Crippen molar-refractivity contribution in [3.8, 4) is 0 Å². The van der Waals surface area contributed by atoms with Crippen LogP contribution in [-0.2, 0) is 0 Å². The standard InChI is InChI=1S/C16H20N2O2/c1-2-3-6-13-8-9-15(18-20)16(13)14-7-4-5-12(10-14)11-17-19/h4-5,7,10-11,19-20H,2-3,6,8-9H2,1H3. The zero-order chi connectivity index (χ0) is 14.4. The van der Waals surface area contributed by atoms with E-state index in [4.69, 9.17) is 5.21 Å². The van der Waals surface area contributed by atoms with Gasteiger partial charge in [0.25, 0.3) is 0 Å². The van der Waals surface area contributed by atoms with Crippen molar-refractivity contribution in [3.63, 3.8) is 0 Å². The molecule has 0 radical (unpaired) electrons. The topological polar surface area (TPSA) is 65.2 Å². The molecule has 1 aromatic rings. The van der Waals surface area contributed by atoms with Gasteiger partial charge >= 0.3 is 0 Å². The van der Waals surface area contributed by atoms with Crippen LogP contribution in [0, 0.1) is 0 Å². The second kappa shape index (κ2) is 6.89. The van der Waals surface area contributed by atoms with Crippen LogP contribution >= 0.6 is 0 Å². The second-order valence-corrected chi connectivity index (χ2v) is 5.00. The molecule has 1 aromatic carbocycles. The molecule has 0 saturated heterocycles. The van der Waals surface area contributed by atoms with Gasteiger partial charge in [-0.25, -0.2) is 0 Å². The van der Waals surface area contributed by atoms with Crippen molar-refractivity contribution in [2.24, 2.45) is 10.3 Å². The van der Waals surface area contributed by atoms with Crippen LogP contribution in [0.2, 0.25) is 0 Å². The molecule has 0 amide bonds. The van der Waals surface area contributed by atoms with Gasteiger partial charge in [0.15, 0.2) is 0 Å². The Morgan fingerprint density at radius 3 is 2.80 bits per heavy atom. The average Bonchev–Trinajstić information content (AvgIpc) is 2.88. The minimum absolute atomic E-state index is 0.759. The molecule has 4 heteroatoms. The maximum absolute atomic E-state index is 9.20. The second-order valence-electron chi connectivity index (χ2n) is 5.00. The average molecular weight is 272 g/mol. The number of unbranched alkanes of at least 4 members (excludes halogenated alkanes) is 1. The SMILES string of the molecule is CCCCC1=C(c2cccc(C=NO)c2)C(=NO)CC1. The van der Waals surface area contributed by atoms with E-state index in [0.717, 1.165) is 54.5 Å². The first kappa shape index (κ1) is 14.3. The lowest BCUT2D eigenvalue weighted by Gasteiger charge is -2.08. The summed E-state index contributed by atoms with van der Waals surface area (Å²) in [6.45, 7) is 2.18. The lowest BCUT2D eigenvalue weighted by molar-refractivity contribution is 0.319. The van der Waals surface area contributed by atoms with Crippen molar-refractivity contribution in [1.29, 1.82) is 0 Å². The molecule has 0 saturated carbocycles. The highest BCUT2D eigenvalue weighted by Gasteiger charge is 2.22. The molecule has 20 heavy (non-hydrogen) atoms. The maximum atomic E-state index is 9.20. The van der Waals surface area contributed by atoms with Crippen LogP contribution in [0.3, 0.4) is 0 Å². The Bertz CT molecular complexity index is 559.